The molecule has 0 amide bonds. The van der Waals surface area contributed by atoms with Gasteiger partial charge in [0.15, 0.2) is 0 Å². The number of rotatable bonds is 25. The molecule has 3 heteroatoms. The van der Waals surface area contributed by atoms with Crippen molar-refractivity contribution in [2.45, 2.75) is 167 Å². The molecule has 0 radical (unpaired) electrons. The van der Waals surface area contributed by atoms with Gasteiger partial charge in [0.05, 0.1) is 0 Å². The van der Waals surface area contributed by atoms with E-state index in [1.807, 2.05) is 0 Å². The van der Waals surface area contributed by atoms with Crippen LogP contribution in [0.15, 0.2) is 0 Å². The normalized spacial score (nSPS) is 12.0. The molecule has 0 aliphatic heterocycles. The van der Waals surface area contributed by atoms with Crippen molar-refractivity contribution in [1.29, 1.82) is 0 Å². The highest BCUT2D eigenvalue weighted by atomic mass is 35.6. The van der Waals surface area contributed by atoms with Crippen LogP contribution in [0.25, 0.3) is 0 Å². The van der Waals surface area contributed by atoms with Crippen molar-refractivity contribution in [3.05, 3.63) is 0 Å². The van der Waals surface area contributed by atoms with Crippen LogP contribution in [0.4, 0.5) is 0 Å². The standard InChI is InChI=1S/C27H58ClNSi/c1-30(2,28)27-25-23-21-19-17-15-13-11-9-7-5-3-4-6-8-10-12-14-16-18-20-22-24-26-29/h3-27,29H2,1-2H3. The van der Waals surface area contributed by atoms with E-state index in [1.54, 1.807) is 0 Å². The summed E-state index contributed by atoms with van der Waals surface area (Å²) in [6, 6.07) is 1.30. The van der Waals surface area contributed by atoms with Crippen molar-refractivity contribution in [2.75, 3.05) is 6.54 Å². The van der Waals surface area contributed by atoms with E-state index in [-0.39, 0.29) is 0 Å². The predicted molar refractivity (Wildman–Crippen MR) is 143 cm³/mol. The van der Waals surface area contributed by atoms with Crippen molar-refractivity contribution in [3.63, 3.8) is 0 Å². The second kappa shape index (κ2) is 24.1. The number of unbranched alkanes of at least 4 members (excludes halogenated alkanes) is 22. The molecule has 0 aromatic carbocycles. The molecular weight excluding hydrogens is 402 g/mol. The summed E-state index contributed by atoms with van der Waals surface area (Å²) in [5.41, 5.74) is 5.53. The Kier molecular flexibility index (Phi) is 24.5. The first-order chi connectivity index (χ1) is 14.6. The van der Waals surface area contributed by atoms with Crippen LogP contribution in [-0.2, 0) is 0 Å². The van der Waals surface area contributed by atoms with Crippen LogP contribution in [0.2, 0.25) is 19.1 Å². The van der Waals surface area contributed by atoms with Gasteiger partial charge >= 0.3 is 0 Å². The van der Waals surface area contributed by atoms with Gasteiger partial charge in [0.25, 0.3) is 0 Å². The molecule has 2 N–H and O–H groups in total. The molecule has 0 aliphatic carbocycles. The fourth-order valence-electron chi connectivity index (χ4n) is 4.40. The lowest BCUT2D eigenvalue weighted by Crippen LogP contribution is -2.14. The molecule has 0 unspecified atom stereocenters. The minimum absolute atomic E-state index is 0.871. The summed E-state index contributed by atoms with van der Waals surface area (Å²) < 4.78 is 0. The van der Waals surface area contributed by atoms with Crippen LogP contribution in [0.3, 0.4) is 0 Å². The van der Waals surface area contributed by atoms with Gasteiger partial charge in [-0.05, 0) is 19.0 Å². The molecule has 0 aliphatic rings. The van der Waals surface area contributed by atoms with Gasteiger partial charge in [-0.3, -0.25) is 0 Å². The molecule has 0 bridgehead atoms. The lowest BCUT2D eigenvalue weighted by molar-refractivity contribution is 0.518. The summed E-state index contributed by atoms with van der Waals surface area (Å²) in [5, 5.41) is 0. The van der Waals surface area contributed by atoms with Gasteiger partial charge in [0.2, 0.25) is 0 Å². The third-order valence-corrected chi connectivity index (χ3v) is 8.58. The predicted octanol–water partition coefficient (Wildman–Crippen LogP) is 10.4. The zero-order valence-electron chi connectivity index (χ0n) is 21.1. The van der Waals surface area contributed by atoms with E-state index in [9.17, 15) is 0 Å². The average molecular weight is 460 g/mol. The van der Waals surface area contributed by atoms with Gasteiger partial charge in [-0.2, -0.15) is 11.1 Å². The number of nitrogens with two attached hydrogens (primary N) is 1. The molecule has 0 rings (SSSR count). The molecule has 0 aromatic heterocycles. The zero-order valence-corrected chi connectivity index (χ0v) is 22.9. The summed E-state index contributed by atoms with van der Waals surface area (Å²) in [6.07, 6.45) is 33.0. The second-order valence-electron chi connectivity index (χ2n) is 10.4. The van der Waals surface area contributed by atoms with Crippen LogP contribution in [0, 0.1) is 0 Å². The van der Waals surface area contributed by atoms with Crippen molar-refractivity contribution in [3.8, 4) is 0 Å². The summed E-state index contributed by atoms with van der Waals surface area (Å²) in [4.78, 5) is 0. The topological polar surface area (TPSA) is 26.0 Å². The highest BCUT2D eigenvalue weighted by molar-refractivity contribution is 7.19. The maximum atomic E-state index is 6.37. The molecule has 0 heterocycles. The van der Waals surface area contributed by atoms with E-state index >= 15 is 0 Å². The molecule has 182 valence electrons. The molecule has 30 heavy (non-hydrogen) atoms. The lowest BCUT2D eigenvalue weighted by atomic mass is 10.0. The SMILES string of the molecule is C[Si](C)(Cl)CCCCCCCCCCCCCCCCCCCCCCCCCN. The van der Waals surface area contributed by atoms with Crippen LogP contribution in [0.5, 0.6) is 0 Å². The third-order valence-electron chi connectivity index (χ3n) is 6.48. The Bertz CT molecular complexity index is 316. The molecule has 0 saturated carbocycles. The number of hydrogen-bond donors (Lipinski definition) is 1. The highest BCUT2D eigenvalue weighted by Gasteiger charge is 2.15. The Balaban J connectivity index is 3.02. The molecule has 0 atom stereocenters. The molecule has 0 fully saturated rings. The van der Waals surface area contributed by atoms with Gasteiger partial charge in [0, 0.05) is 0 Å². The van der Waals surface area contributed by atoms with Crippen molar-refractivity contribution < 1.29 is 0 Å². The van der Waals surface area contributed by atoms with E-state index in [4.69, 9.17) is 16.8 Å². The summed E-state index contributed by atoms with van der Waals surface area (Å²) in [5.74, 6) is 0. The van der Waals surface area contributed by atoms with E-state index in [0.29, 0.717) is 0 Å². The van der Waals surface area contributed by atoms with Crippen molar-refractivity contribution in [2.24, 2.45) is 5.73 Å². The Morgan fingerprint density at radius 3 is 0.800 bits per heavy atom. The zero-order chi connectivity index (χ0) is 22.2. The third kappa shape index (κ3) is 28.5. The molecule has 1 nitrogen and oxygen atoms in total. The highest BCUT2D eigenvalue weighted by Crippen LogP contribution is 2.19. The van der Waals surface area contributed by atoms with Gasteiger partial charge in [-0.1, -0.05) is 154 Å². The fraction of sp³-hybridized carbons (Fsp3) is 1.00. The monoisotopic (exact) mass is 459 g/mol. The smallest absolute Gasteiger partial charge is 0.150 e. The molecule has 0 spiro atoms. The molecule has 0 aromatic rings. The second-order valence-corrected chi connectivity index (χ2v) is 17.4. The van der Waals surface area contributed by atoms with Crippen LogP contribution in [0.1, 0.15) is 148 Å². The minimum Gasteiger partial charge on any atom is -0.330 e. The molecular formula is C27H58ClNSi. The fourth-order valence-corrected chi connectivity index (χ4v) is 5.89. The summed E-state index contributed by atoms with van der Waals surface area (Å²) in [7, 11) is -1.31. The summed E-state index contributed by atoms with van der Waals surface area (Å²) in [6.45, 7) is 5.41. The first-order valence-corrected chi connectivity index (χ1v) is 18.2. The Labute approximate surface area is 197 Å². The minimum atomic E-state index is -1.31. The van der Waals surface area contributed by atoms with Crippen molar-refractivity contribution in [1.82, 2.24) is 0 Å². The Morgan fingerprint density at radius 1 is 0.400 bits per heavy atom. The van der Waals surface area contributed by atoms with E-state index in [2.05, 4.69) is 13.1 Å². The quantitative estimate of drug-likeness (QED) is 0.0819. The summed E-state index contributed by atoms with van der Waals surface area (Å²) >= 11 is 6.37. The van der Waals surface area contributed by atoms with Gasteiger partial charge in [0.1, 0.15) is 7.38 Å². The average Bonchev–Trinajstić information content (AvgIpc) is 2.70. The van der Waals surface area contributed by atoms with E-state index < -0.39 is 7.38 Å². The maximum absolute atomic E-state index is 6.37. The van der Waals surface area contributed by atoms with E-state index in [0.717, 1.165) is 6.54 Å². The van der Waals surface area contributed by atoms with Gasteiger partial charge in [-0.25, -0.2) is 0 Å². The van der Waals surface area contributed by atoms with Crippen molar-refractivity contribution >= 4 is 18.5 Å². The van der Waals surface area contributed by atoms with Gasteiger partial charge < -0.3 is 5.73 Å². The van der Waals surface area contributed by atoms with E-state index in [1.165, 1.54) is 154 Å². The Morgan fingerprint density at radius 2 is 0.600 bits per heavy atom. The maximum Gasteiger partial charge on any atom is 0.150 e. The first kappa shape index (κ1) is 30.5. The number of hydrogen-bond acceptors (Lipinski definition) is 1. The number of halogens is 1. The largest absolute Gasteiger partial charge is 0.330 e. The Hall–Kier alpha value is 0.467. The lowest BCUT2D eigenvalue weighted by Gasteiger charge is -2.11. The van der Waals surface area contributed by atoms with Gasteiger partial charge in [-0.15, -0.1) is 0 Å². The first-order valence-electron chi connectivity index (χ1n) is 14.0. The molecule has 0 saturated heterocycles. The van der Waals surface area contributed by atoms with Crippen LogP contribution >= 0.6 is 11.1 Å². The van der Waals surface area contributed by atoms with Crippen LogP contribution < -0.4 is 5.73 Å². The van der Waals surface area contributed by atoms with Crippen LogP contribution in [-0.4, -0.2) is 13.9 Å².